The van der Waals surface area contributed by atoms with Gasteiger partial charge in [-0.15, -0.1) is 0 Å². The summed E-state index contributed by atoms with van der Waals surface area (Å²) in [5, 5.41) is 0. The Labute approximate surface area is 80.6 Å². The van der Waals surface area contributed by atoms with Crippen molar-refractivity contribution in [2.45, 2.75) is 39.7 Å². The van der Waals surface area contributed by atoms with E-state index in [2.05, 4.69) is 31.7 Å². The third-order valence-electron chi connectivity index (χ3n) is 2.56. The third kappa shape index (κ3) is 3.31. The van der Waals surface area contributed by atoms with Gasteiger partial charge >= 0.3 is 0 Å². The van der Waals surface area contributed by atoms with Crippen LogP contribution in [-0.4, -0.2) is 29.8 Å². The predicted molar refractivity (Wildman–Crippen MR) is 54.7 cm³/mol. The molecule has 2 heteroatoms. The zero-order chi connectivity index (χ0) is 9.84. The highest BCUT2D eigenvalue weighted by Crippen LogP contribution is 2.13. The summed E-state index contributed by atoms with van der Waals surface area (Å²) in [4.78, 5) is 13.5. The largest absolute Gasteiger partial charge is 0.300 e. The lowest BCUT2D eigenvalue weighted by Crippen LogP contribution is -2.40. The molecule has 1 fully saturated rings. The summed E-state index contributed by atoms with van der Waals surface area (Å²) in [7, 11) is 0. The predicted octanol–water partition coefficient (Wildman–Crippen LogP) is 2.01. The molecule has 0 spiro atoms. The van der Waals surface area contributed by atoms with Gasteiger partial charge in [-0.25, -0.2) is 0 Å². The molecule has 1 saturated heterocycles. The molecule has 1 aliphatic rings. The average molecular weight is 181 g/mol. The number of hydrogen-bond donors (Lipinski definition) is 0. The van der Waals surface area contributed by atoms with Gasteiger partial charge in [0.1, 0.15) is 5.78 Å². The maximum atomic E-state index is 11.1. The van der Waals surface area contributed by atoms with Gasteiger partial charge in [-0.3, -0.25) is 9.69 Å². The van der Waals surface area contributed by atoms with Gasteiger partial charge in [-0.05, 0) is 20.8 Å². The van der Waals surface area contributed by atoms with Crippen LogP contribution in [0.25, 0.3) is 0 Å². The van der Waals surface area contributed by atoms with Crippen LogP contribution in [0.3, 0.4) is 0 Å². The van der Waals surface area contributed by atoms with Crippen LogP contribution < -0.4 is 0 Å². The van der Waals surface area contributed by atoms with E-state index in [-0.39, 0.29) is 0 Å². The van der Waals surface area contributed by atoms with Crippen LogP contribution in [0.1, 0.15) is 33.6 Å². The molecule has 1 atom stereocenters. The number of piperidine rings is 1. The maximum absolute atomic E-state index is 11.1. The first-order chi connectivity index (χ1) is 6.09. The van der Waals surface area contributed by atoms with Crippen molar-refractivity contribution in [3.8, 4) is 0 Å². The summed E-state index contributed by atoms with van der Waals surface area (Å²) in [5.74, 6) is 0.418. The van der Waals surface area contributed by atoms with Crippen molar-refractivity contribution in [1.82, 2.24) is 4.90 Å². The Kier molecular flexibility index (Phi) is 3.67. The summed E-state index contributed by atoms with van der Waals surface area (Å²) in [6, 6.07) is 0.428. The monoisotopic (exact) mass is 181 g/mol. The molecule has 0 aromatic rings. The minimum absolute atomic E-state index is 0.418. The molecule has 74 valence electrons. The quantitative estimate of drug-likeness (QED) is 0.607. The van der Waals surface area contributed by atoms with Crippen LogP contribution >= 0.6 is 0 Å². The number of Topliss-reactive ketones (excluding diaryl/α,β-unsaturated/α-hetero) is 1. The third-order valence-corrected chi connectivity index (χ3v) is 2.56. The minimum Gasteiger partial charge on any atom is -0.300 e. The highest BCUT2D eigenvalue weighted by atomic mass is 16.1. The van der Waals surface area contributed by atoms with Crippen molar-refractivity contribution in [2.24, 2.45) is 0 Å². The summed E-state index contributed by atoms with van der Waals surface area (Å²) < 4.78 is 0. The molecular weight excluding hydrogens is 162 g/mol. The van der Waals surface area contributed by atoms with E-state index in [1.165, 1.54) is 5.57 Å². The van der Waals surface area contributed by atoms with Crippen molar-refractivity contribution in [3.05, 3.63) is 11.6 Å². The van der Waals surface area contributed by atoms with E-state index in [4.69, 9.17) is 0 Å². The topological polar surface area (TPSA) is 20.3 Å². The second-order valence-corrected chi connectivity index (χ2v) is 4.12. The van der Waals surface area contributed by atoms with Crippen molar-refractivity contribution in [3.63, 3.8) is 0 Å². The molecule has 0 aliphatic carbocycles. The van der Waals surface area contributed by atoms with Gasteiger partial charge in [0.25, 0.3) is 0 Å². The molecule has 0 bridgehead atoms. The SMILES string of the molecule is CC(C)=CCN1CCC(=O)CC1C. The fourth-order valence-electron chi connectivity index (χ4n) is 1.62. The summed E-state index contributed by atoms with van der Waals surface area (Å²) in [6.45, 7) is 8.29. The van der Waals surface area contributed by atoms with E-state index in [9.17, 15) is 4.79 Å². The smallest absolute Gasteiger partial charge is 0.135 e. The Hall–Kier alpha value is -0.630. The molecule has 2 nitrogen and oxygen atoms in total. The molecule has 1 aliphatic heterocycles. The zero-order valence-corrected chi connectivity index (χ0v) is 8.84. The van der Waals surface area contributed by atoms with Crippen molar-refractivity contribution in [2.75, 3.05) is 13.1 Å². The molecule has 0 radical (unpaired) electrons. The van der Waals surface area contributed by atoms with Crippen LogP contribution in [0.15, 0.2) is 11.6 Å². The van der Waals surface area contributed by atoms with Gasteiger partial charge in [-0.1, -0.05) is 11.6 Å². The molecule has 0 saturated carbocycles. The molecular formula is C11H19NO. The molecule has 0 aromatic heterocycles. The molecule has 13 heavy (non-hydrogen) atoms. The van der Waals surface area contributed by atoms with Crippen LogP contribution in [0.4, 0.5) is 0 Å². The number of rotatable bonds is 2. The Morgan fingerprint density at radius 1 is 1.62 bits per heavy atom. The van der Waals surface area contributed by atoms with E-state index < -0.39 is 0 Å². The van der Waals surface area contributed by atoms with Gasteiger partial charge < -0.3 is 0 Å². The average Bonchev–Trinajstić information content (AvgIpc) is 2.02. The van der Waals surface area contributed by atoms with E-state index in [1.54, 1.807) is 0 Å². The first-order valence-electron chi connectivity index (χ1n) is 4.98. The van der Waals surface area contributed by atoms with Crippen molar-refractivity contribution in [1.29, 1.82) is 0 Å². The lowest BCUT2D eigenvalue weighted by molar-refractivity contribution is -0.122. The molecule has 0 aromatic carbocycles. The van der Waals surface area contributed by atoms with E-state index in [1.807, 2.05) is 0 Å². The number of allylic oxidation sites excluding steroid dienone is 1. The first kappa shape index (κ1) is 10.5. The number of carbonyl (C=O) groups is 1. The molecule has 1 heterocycles. The fourth-order valence-corrected chi connectivity index (χ4v) is 1.62. The van der Waals surface area contributed by atoms with Crippen LogP contribution in [-0.2, 0) is 4.79 Å². The van der Waals surface area contributed by atoms with Gasteiger partial charge in [0.15, 0.2) is 0 Å². The normalized spacial score (nSPS) is 24.5. The summed E-state index contributed by atoms with van der Waals surface area (Å²) in [6.07, 6.45) is 3.70. The number of nitrogens with zero attached hydrogens (tertiary/aromatic N) is 1. The number of carbonyl (C=O) groups excluding carboxylic acids is 1. The Morgan fingerprint density at radius 2 is 2.31 bits per heavy atom. The Bertz CT molecular complexity index is 216. The summed E-state index contributed by atoms with van der Waals surface area (Å²) >= 11 is 0. The minimum atomic E-state index is 0.418. The Balaban J connectivity index is 2.42. The standard InChI is InChI=1S/C11H19NO/c1-9(2)4-6-12-7-5-11(13)8-10(12)3/h4,10H,5-8H2,1-3H3. The molecule has 1 unspecified atom stereocenters. The highest BCUT2D eigenvalue weighted by molar-refractivity contribution is 5.79. The second kappa shape index (κ2) is 4.56. The highest BCUT2D eigenvalue weighted by Gasteiger charge is 2.21. The molecule has 1 rings (SSSR count). The molecule has 0 amide bonds. The lowest BCUT2D eigenvalue weighted by atomic mass is 10.0. The van der Waals surface area contributed by atoms with Gasteiger partial charge in [-0.2, -0.15) is 0 Å². The van der Waals surface area contributed by atoms with Crippen molar-refractivity contribution >= 4 is 5.78 Å². The summed E-state index contributed by atoms with van der Waals surface area (Å²) in [5.41, 5.74) is 1.35. The van der Waals surface area contributed by atoms with Gasteiger partial charge in [0.05, 0.1) is 0 Å². The van der Waals surface area contributed by atoms with Crippen molar-refractivity contribution < 1.29 is 4.79 Å². The number of likely N-dealkylation sites (tertiary alicyclic amines) is 1. The van der Waals surface area contributed by atoms with Gasteiger partial charge in [0.2, 0.25) is 0 Å². The zero-order valence-electron chi connectivity index (χ0n) is 8.84. The maximum Gasteiger partial charge on any atom is 0.135 e. The van der Waals surface area contributed by atoms with E-state index >= 15 is 0 Å². The van der Waals surface area contributed by atoms with Crippen LogP contribution in [0.5, 0.6) is 0 Å². The number of hydrogen-bond acceptors (Lipinski definition) is 2. The lowest BCUT2D eigenvalue weighted by Gasteiger charge is -2.31. The fraction of sp³-hybridized carbons (Fsp3) is 0.727. The van der Waals surface area contributed by atoms with E-state index in [0.29, 0.717) is 11.8 Å². The first-order valence-corrected chi connectivity index (χ1v) is 4.98. The second-order valence-electron chi connectivity index (χ2n) is 4.12. The van der Waals surface area contributed by atoms with Crippen LogP contribution in [0.2, 0.25) is 0 Å². The van der Waals surface area contributed by atoms with Gasteiger partial charge in [0, 0.05) is 32.0 Å². The Morgan fingerprint density at radius 3 is 2.85 bits per heavy atom. The van der Waals surface area contributed by atoms with E-state index in [0.717, 1.165) is 25.9 Å². The molecule has 0 N–H and O–H groups in total. The number of ketones is 1. The van der Waals surface area contributed by atoms with Crippen LogP contribution in [0, 0.1) is 0 Å².